The number of hydrogen-bond donors (Lipinski definition) is 2. The van der Waals surface area contributed by atoms with Gasteiger partial charge in [-0.05, 0) is 31.5 Å². The molecule has 1 aromatic carbocycles. The first-order chi connectivity index (χ1) is 9.97. The molecule has 0 bridgehead atoms. The van der Waals surface area contributed by atoms with E-state index in [4.69, 9.17) is 9.52 Å². The van der Waals surface area contributed by atoms with Crippen LogP contribution in [0.3, 0.4) is 0 Å². The van der Waals surface area contributed by atoms with E-state index in [9.17, 15) is 14.0 Å². The lowest BCUT2D eigenvalue weighted by Crippen LogP contribution is -2.26. The molecule has 0 unspecified atom stereocenters. The Morgan fingerprint density at radius 2 is 2.19 bits per heavy atom. The van der Waals surface area contributed by atoms with Gasteiger partial charge in [0.25, 0.3) is 0 Å². The van der Waals surface area contributed by atoms with Crippen molar-refractivity contribution in [1.82, 2.24) is 5.32 Å². The van der Waals surface area contributed by atoms with Crippen LogP contribution in [0.5, 0.6) is 0 Å². The van der Waals surface area contributed by atoms with Crippen LogP contribution in [-0.4, -0.2) is 17.0 Å². The molecule has 21 heavy (non-hydrogen) atoms. The van der Waals surface area contributed by atoms with Crippen LogP contribution in [0.15, 0.2) is 22.6 Å². The van der Waals surface area contributed by atoms with E-state index in [1.54, 1.807) is 13.0 Å². The van der Waals surface area contributed by atoms with Crippen LogP contribution >= 0.6 is 0 Å². The number of aliphatic carboxylic acids is 1. The molecule has 1 fully saturated rings. The van der Waals surface area contributed by atoms with Crippen LogP contribution in [0, 0.1) is 24.6 Å². The number of halogens is 1. The summed E-state index contributed by atoms with van der Waals surface area (Å²) in [4.78, 5) is 22.5. The van der Waals surface area contributed by atoms with E-state index in [0.717, 1.165) is 5.56 Å². The van der Waals surface area contributed by atoms with E-state index in [1.807, 2.05) is 0 Å². The van der Waals surface area contributed by atoms with Gasteiger partial charge in [-0.25, -0.2) is 4.39 Å². The number of nitrogens with one attached hydrogen (secondary N) is 1. The first-order valence-electron chi connectivity index (χ1n) is 6.65. The molecule has 110 valence electrons. The molecule has 1 aliphatic carbocycles. The molecular formula is C15H14FNO4. The average Bonchev–Trinajstić information content (AvgIpc) is 3.19. The molecule has 2 atom stereocenters. The number of hydrogen-bond acceptors (Lipinski definition) is 3. The maximum atomic E-state index is 13.2. The molecule has 0 saturated heterocycles. The van der Waals surface area contributed by atoms with Gasteiger partial charge in [0.2, 0.25) is 5.91 Å². The van der Waals surface area contributed by atoms with Crippen LogP contribution in [0.1, 0.15) is 17.7 Å². The molecule has 0 spiro atoms. The van der Waals surface area contributed by atoms with Gasteiger partial charge in [0.1, 0.15) is 17.2 Å². The Morgan fingerprint density at radius 1 is 1.43 bits per heavy atom. The quantitative estimate of drug-likeness (QED) is 0.905. The van der Waals surface area contributed by atoms with Crippen molar-refractivity contribution in [2.45, 2.75) is 19.9 Å². The molecule has 3 rings (SSSR count). The maximum Gasteiger partial charge on any atom is 0.307 e. The third-order valence-corrected chi connectivity index (χ3v) is 3.86. The highest BCUT2D eigenvalue weighted by Gasteiger charge is 2.48. The highest BCUT2D eigenvalue weighted by Crippen LogP contribution is 2.38. The smallest absolute Gasteiger partial charge is 0.307 e. The number of benzene rings is 1. The number of aryl methyl sites for hydroxylation is 1. The number of carbonyl (C=O) groups excluding carboxylic acids is 1. The minimum absolute atomic E-state index is 0.170. The number of fused-ring (bicyclic) bond motifs is 1. The number of rotatable bonds is 4. The Morgan fingerprint density at radius 3 is 2.86 bits per heavy atom. The predicted octanol–water partition coefficient (Wildman–Crippen LogP) is 2.22. The first kappa shape index (κ1) is 13.6. The minimum atomic E-state index is -0.939. The summed E-state index contributed by atoms with van der Waals surface area (Å²) in [6, 6.07) is 4.25. The van der Waals surface area contributed by atoms with Crippen molar-refractivity contribution < 1.29 is 23.5 Å². The summed E-state index contributed by atoms with van der Waals surface area (Å²) in [6.07, 6.45) is 0.380. The third kappa shape index (κ3) is 2.49. The van der Waals surface area contributed by atoms with Crippen LogP contribution in [0.4, 0.5) is 4.39 Å². The Balaban J connectivity index is 1.70. The van der Waals surface area contributed by atoms with Crippen molar-refractivity contribution in [1.29, 1.82) is 0 Å². The molecule has 0 aliphatic heterocycles. The lowest BCUT2D eigenvalue weighted by molar-refractivity contribution is -0.140. The topological polar surface area (TPSA) is 79.5 Å². The summed E-state index contributed by atoms with van der Waals surface area (Å²) >= 11 is 0. The Labute approximate surface area is 119 Å². The van der Waals surface area contributed by atoms with Gasteiger partial charge in [-0.1, -0.05) is 0 Å². The largest absolute Gasteiger partial charge is 0.481 e. The van der Waals surface area contributed by atoms with Crippen LogP contribution < -0.4 is 5.32 Å². The van der Waals surface area contributed by atoms with Crippen molar-refractivity contribution in [2.24, 2.45) is 11.8 Å². The predicted molar refractivity (Wildman–Crippen MR) is 72.0 cm³/mol. The maximum absolute atomic E-state index is 13.2. The summed E-state index contributed by atoms with van der Waals surface area (Å²) in [5, 5.41) is 12.1. The third-order valence-electron chi connectivity index (χ3n) is 3.86. The van der Waals surface area contributed by atoms with Gasteiger partial charge in [-0.3, -0.25) is 9.59 Å². The zero-order valence-electron chi connectivity index (χ0n) is 11.4. The lowest BCUT2D eigenvalue weighted by atomic mass is 10.1. The molecular weight excluding hydrogens is 277 g/mol. The van der Waals surface area contributed by atoms with E-state index in [-0.39, 0.29) is 18.3 Å². The van der Waals surface area contributed by atoms with Crippen molar-refractivity contribution in [2.75, 3.05) is 0 Å². The van der Waals surface area contributed by atoms with Gasteiger partial charge in [0.15, 0.2) is 0 Å². The zero-order valence-corrected chi connectivity index (χ0v) is 11.4. The molecule has 1 aliphatic rings. The molecule has 6 heteroatoms. The van der Waals surface area contributed by atoms with E-state index in [2.05, 4.69) is 5.32 Å². The highest BCUT2D eigenvalue weighted by molar-refractivity contribution is 5.89. The number of furan rings is 1. The van der Waals surface area contributed by atoms with Gasteiger partial charge in [0, 0.05) is 10.9 Å². The second-order valence-corrected chi connectivity index (χ2v) is 5.30. The molecule has 5 nitrogen and oxygen atoms in total. The summed E-state index contributed by atoms with van der Waals surface area (Å²) in [5.41, 5.74) is 1.34. The van der Waals surface area contributed by atoms with Crippen LogP contribution in [-0.2, 0) is 16.1 Å². The summed E-state index contributed by atoms with van der Waals surface area (Å²) in [7, 11) is 0. The standard InChI is InChI=1S/C15H14FNO4/c1-7-9-4-8(16)2-3-12(9)21-13(7)6-17-14(18)10-5-11(10)15(19)20/h2-4,10-11H,5-6H2,1H3,(H,17,18)(H,19,20)/t10-,11+/m0/s1. The SMILES string of the molecule is Cc1c(CNC(=O)[C@H]2C[C@H]2C(=O)O)oc2ccc(F)cc12. The van der Waals surface area contributed by atoms with E-state index < -0.39 is 17.8 Å². The average molecular weight is 291 g/mol. The number of amides is 1. The zero-order chi connectivity index (χ0) is 15.1. The molecule has 2 aromatic rings. The second kappa shape index (κ2) is 4.87. The van der Waals surface area contributed by atoms with Crippen molar-refractivity contribution in [3.05, 3.63) is 35.3 Å². The number of carbonyl (C=O) groups is 2. The molecule has 0 radical (unpaired) electrons. The fourth-order valence-corrected chi connectivity index (χ4v) is 2.47. The summed E-state index contributed by atoms with van der Waals surface area (Å²) in [6.45, 7) is 1.97. The fourth-order valence-electron chi connectivity index (χ4n) is 2.47. The van der Waals surface area contributed by atoms with Crippen molar-refractivity contribution >= 4 is 22.8 Å². The normalized spacial score (nSPS) is 20.5. The van der Waals surface area contributed by atoms with Crippen molar-refractivity contribution in [3.8, 4) is 0 Å². The second-order valence-electron chi connectivity index (χ2n) is 5.30. The summed E-state index contributed by atoms with van der Waals surface area (Å²) < 4.78 is 18.8. The number of carboxylic acids is 1. The molecule has 2 N–H and O–H groups in total. The van der Waals surface area contributed by atoms with Gasteiger partial charge in [0.05, 0.1) is 18.4 Å². The molecule has 1 saturated carbocycles. The van der Waals surface area contributed by atoms with Crippen LogP contribution in [0.2, 0.25) is 0 Å². The van der Waals surface area contributed by atoms with Gasteiger partial charge in [-0.15, -0.1) is 0 Å². The molecule has 1 heterocycles. The van der Waals surface area contributed by atoms with E-state index in [0.29, 0.717) is 23.2 Å². The molecule has 1 aromatic heterocycles. The fraction of sp³-hybridized carbons (Fsp3) is 0.333. The van der Waals surface area contributed by atoms with E-state index >= 15 is 0 Å². The lowest BCUT2D eigenvalue weighted by Gasteiger charge is -2.02. The first-order valence-corrected chi connectivity index (χ1v) is 6.65. The van der Waals surface area contributed by atoms with Crippen LogP contribution in [0.25, 0.3) is 11.0 Å². The minimum Gasteiger partial charge on any atom is -0.481 e. The molecule has 1 amide bonds. The monoisotopic (exact) mass is 291 g/mol. The summed E-state index contributed by atoms with van der Waals surface area (Å²) in [5.74, 6) is -2.04. The van der Waals surface area contributed by atoms with E-state index in [1.165, 1.54) is 12.1 Å². The Bertz CT molecular complexity index is 737. The van der Waals surface area contributed by atoms with Crippen molar-refractivity contribution in [3.63, 3.8) is 0 Å². The highest BCUT2D eigenvalue weighted by atomic mass is 19.1. The van der Waals surface area contributed by atoms with Gasteiger partial charge < -0.3 is 14.8 Å². The Kier molecular flexibility index (Phi) is 3.16. The Hall–Kier alpha value is -2.37. The van der Waals surface area contributed by atoms with Gasteiger partial charge in [-0.2, -0.15) is 0 Å². The van der Waals surface area contributed by atoms with Gasteiger partial charge >= 0.3 is 5.97 Å². The number of carboxylic acid groups (broad SMARTS) is 1.